The average molecular weight is 419 g/mol. The molecule has 0 spiro atoms. The fourth-order valence-corrected chi connectivity index (χ4v) is 4.67. The molecule has 0 bridgehead atoms. The molecular weight excluding hydrogens is 392 g/mol. The lowest BCUT2D eigenvalue weighted by molar-refractivity contribution is 0.185. The van der Waals surface area contributed by atoms with E-state index in [9.17, 15) is 0 Å². The Hall–Kier alpha value is -3.46. The predicted molar refractivity (Wildman–Crippen MR) is 134 cm³/mol. The van der Waals surface area contributed by atoms with Gasteiger partial charge in [-0.15, -0.1) is 0 Å². The van der Waals surface area contributed by atoms with Gasteiger partial charge in [0, 0.05) is 14.2 Å². The molecule has 0 heterocycles. The van der Waals surface area contributed by atoms with E-state index in [0.29, 0.717) is 13.2 Å². The minimum Gasteiger partial charge on any atom is -0.380 e. The zero-order valence-electron chi connectivity index (χ0n) is 18.5. The van der Waals surface area contributed by atoms with E-state index in [1.807, 2.05) is 0 Å². The molecule has 0 radical (unpaired) electrons. The van der Waals surface area contributed by atoms with Crippen molar-refractivity contribution in [3.8, 4) is 22.3 Å². The lowest BCUT2D eigenvalue weighted by Crippen LogP contribution is -1.95. The van der Waals surface area contributed by atoms with Gasteiger partial charge in [0.25, 0.3) is 0 Å². The first-order valence-corrected chi connectivity index (χ1v) is 10.9. The first-order valence-electron chi connectivity index (χ1n) is 10.9. The fraction of sp³-hybridized carbons (Fsp3) is 0.133. The van der Waals surface area contributed by atoms with Crippen LogP contribution in [0.15, 0.2) is 97.1 Å². The summed E-state index contributed by atoms with van der Waals surface area (Å²) in [5, 5.41) is 4.99. The van der Waals surface area contributed by atoms with Crippen molar-refractivity contribution in [1.29, 1.82) is 0 Å². The topological polar surface area (TPSA) is 18.5 Å². The molecule has 0 saturated carbocycles. The van der Waals surface area contributed by atoms with Crippen LogP contribution in [-0.2, 0) is 22.7 Å². The Bertz CT molecular complexity index is 1260. The molecule has 0 fully saturated rings. The molecule has 5 aromatic carbocycles. The molecule has 2 nitrogen and oxygen atoms in total. The van der Waals surface area contributed by atoms with E-state index < -0.39 is 0 Å². The highest BCUT2D eigenvalue weighted by atomic mass is 16.5. The van der Waals surface area contributed by atoms with Crippen LogP contribution in [0.1, 0.15) is 11.1 Å². The third-order valence-corrected chi connectivity index (χ3v) is 5.99. The van der Waals surface area contributed by atoms with E-state index >= 15 is 0 Å². The van der Waals surface area contributed by atoms with E-state index in [-0.39, 0.29) is 0 Å². The van der Waals surface area contributed by atoms with Crippen molar-refractivity contribution in [2.24, 2.45) is 0 Å². The predicted octanol–water partition coefficient (Wildman–Crippen LogP) is 7.62. The third-order valence-electron chi connectivity index (χ3n) is 5.99. The Morgan fingerprint density at radius 3 is 1.25 bits per heavy atom. The van der Waals surface area contributed by atoms with Crippen LogP contribution in [0.25, 0.3) is 43.8 Å². The minimum absolute atomic E-state index is 0.593. The number of rotatable bonds is 6. The van der Waals surface area contributed by atoms with Gasteiger partial charge in [-0.2, -0.15) is 0 Å². The van der Waals surface area contributed by atoms with E-state index in [0.717, 1.165) is 0 Å². The highest BCUT2D eigenvalue weighted by molar-refractivity contribution is 6.21. The fourth-order valence-electron chi connectivity index (χ4n) is 4.67. The number of hydrogen-bond donors (Lipinski definition) is 0. The van der Waals surface area contributed by atoms with Crippen molar-refractivity contribution in [3.05, 3.63) is 108 Å². The highest BCUT2D eigenvalue weighted by Crippen LogP contribution is 2.44. The summed E-state index contributed by atoms with van der Waals surface area (Å²) in [6, 6.07) is 34.8. The molecule has 5 rings (SSSR count). The van der Waals surface area contributed by atoms with Crippen molar-refractivity contribution in [3.63, 3.8) is 0 Å². The number of hydrogen-bond acceptors (Lipinski definition) is 2. The van der Waals surface area contributed by atoms with Crippen molar-refractivity contribution < 1.29 is 9.47 Å². The summed E-state index contributed by atoms with van der Waals surface area (Å²) >= 11 is 0. The Morgan fingerprint density at radius 1 is 0.469 bits per heavy atom. The van der Waals surface area contributed by atoms with Gasteiger partial charge in [0.2, 0.25) is 0 Å². The first-order chi connectivity index (χ1) is 15.8. The Morgan fingerprint density at radius 2 is 0.875 bits per heavy atom. The Kier molecular flexibility index (Phi) is 5.72. The van der Waals surface area contributed by atoms with Crippen LogP contribution in [0.4, 0.5) is 0 Å². The van der Waals surface area contributed by atoms with Crippen molar-refractivity contribution in [1.82, 2.24) is 0 Å². The van der Waals surface area contributed by atoms with Gasteiger partial charge in [-0.05, 0) is 67.1 Å². The van der Waals surface area contributed by atoms with Crippen LogP contribution < -0.4 is 0 Å². The van der Waals surface area contributed by atoms with Gasteiger partial charge in [-0.3, -0.25) is 0 Å². The largest absolute Gasteiger partial charge is 0.380 e. The molecule has 2 heteroatoms. The second-order valence-corrected chi connectivity index (χ2v) is 8.11. The second-order valence-electron chi connectivity index (χ2n) is 8.11. The van der Waals surface area contributed by atoms with Crippen molar-refractivity contribution in [2.75, 3.05) is 14.2 Å². The maximum atomic E-state index is 5.45. The van der Waals surface area contributed by atoms with E-state index in [4.69, 9.17) is 9.47 Å². The van der Waals surface area contributed by atoms with Crippen molar-refractivity contribution in [2.45, 2.75) is 13.2 Å². The SMILES string of the molecule is COCc1ccc2c(-c3ccccc3)c3cc(COC)ccc3c(-c3ccccc3)c2c1. The van der Waals surface area contributed by atoms with Crippen LogP contribution in [-0.4, -0.2) is 14.2 Å². The number of methoxy groups -OCH3 is 2. The molecule has 0 aliphatic carbocycles. The maximum Gasteiger partial charge on any atom is 0.0713 e. The average Bonchev–Trinajstić information content (AvgIpc) is 2.84. The first kappa shape index (κ1) is 20.4. The second kappa shape index (κ2) is 8.96. The Labute approximate surface area is 189 Å². The zero-order valence-corrected chi connectivity index (χ0v) is 18.5. The molecule has 0 atom stereocenters. The van der Waals surface area contributed by atoms with Crippen molar-refractivity contribution >= 4 is 21.5 Å². The summed E-state index contributed by atoms with van der Waals surface area (Å²) in [5.41, 5.74) is 7.31. The lowest BCUT2D eigenvalue weighted by atomic mass is 9.85. The smallest absolute Gasteiger partial charge is 0.0713 e. The van der Waals surface area contributed by atoms with Gasteiger partial charge in [-0.1, -0.05) is 84.9 Å². The molecule has 158 valence electrons. The van der Waals surface area contributed by atoms with Gasteiger partial charge in [-0.25, -0.2) is 0 Å². The van der Waals surface area contributed by atoms with E-state index in [1.165, 1.54) is 54.9 Å². The molecule has 5 aromatic rings. The summed E-state index contributed by atoms with van der Waals surface area (Å²) < 4.78 is 10.9. The molecule has 0 aliphatic rings. The van der Waals surface area contributed by atoms with Gasteiger partial charge in [0.1, 0.15) is 0 Å². The molecule has 0 amide bonds. The summed E-state index contributed by atoms with van der Waals surface area (Å²) in [6.45, 7) is 1.19. The van der Waals surface area contributed by atoms with Crippen LogP contribution in [0.3, 0.4) is 0 Å². The molecule has 0 saturated heterocycles. The maximum absolute atomic E-state index is 5.45. The molecule has 0 aromatic heterocycles. The third kappa shape index (κ3) is 3.69. The number of ether oxygens (including phenoxy) is 2. The Balaban J connectivity index is 1.97. The summed E-state index contributed by atoms with van der Waals surface area (Å²) in [7, 11) is 3.49. The molecule has 0 unspecified atom stereocenters. The molecule has 0 N–H and O–H groups in total. The minimum atomic E-state index is 0.593. The van der Waals surface area contributed by atoms with Crippen LogP contribution in [0.5, 0.6) is 0 Å². The zero-order chi connectivity index (χ0) is 21.9. The standard InChI is InChI=1S/C30H26O2/c1-31-19-21-13-15-25-27(17-21)29(23-9-5-3-6-10-23)26-16-14-22(20-32-2)18-28(26)30(25)24-11-7-4-8-12-24/h3-18H,19-20H2,1-2H3. The monoisotopic (exact) mass is 418 g/mol. The van der Waals surface area contributed by atoms with Crippen LogP contribution >= 0.6 is 0 Å². The normalized spacial score (nSPS) is 11.3. The summed E-state index contributed by atoms with van der Waals surface area (Å²) in [4.78, 5) is 0. The number of fused-ring (bicyclic) bond motifs is 2. The van der Waals surface area contributed by atoms with Gasteiger partial charge in [0.05, 0.1) is 13.2 Å². The van der Waals surface area contributed by atoms with Gasteiger partial charge < -0.3 is 9.47 Å². The van der Waals surface area contributed by atoms with E-state index in [1.54, 1.807) is 14.2 Å². The van der Waals surface area contributed by atoms with E-state index in [2.05, 4.69) is 97.1 Å². The summed E-state index contributed by atoms with van der Waals surface area (Å²) in [6.07, 6.45) is 0. The lowest BCUT2D eigenvalue weighted by Gasteiger charge is -2.19. The summed E-state index contributed by atoms with van der Waals surface area (Å²) in [5.74, 6) is 0. The quantitative estimate of drug-likeness (QED) is 0.264. The molecule has 0 aliphatic heterocycles. The molecular formula is C30H26O2. The highest BCUT2D eigenvalue weighted by Gasteiger charge is 2.17. The van der Waals surface area contributed by atoms with Gasteiger partial charge >= 0.3 is 0 Å². The molecule has 32 heavy (non-hydrogen) atoms. The van der Waals surface area contributed by atoms with Crippen LogP contribution in [0.2, 0.25) is 0 Å². The number of benzene rings is 5. The van der Waals surface area contributed by atoms with Crippen LogP contribution in [0, 0.1) is 0 Å². The van der Waals surface area contributed by atoms with Gasteiger partial charge in [0.15, 0.2) is 0 Å².